The van der Waals surface area contributed by atoms with Crippen LogP contribution in [0.25, 0.3) is 11.5 Å². The van der Waals surface area contributed by atoms with Crippen LogP contribution < -0.4 is 0 Å². The van der Waals surface area contributed by atoms with Gasteiger partial charge in [-0.3, -0.25) is 4.79 Å². The summed E-state index contributed by atoms with van der Waals surface area (Å²) in [6.45, 7) is 2.02. The molecule has 1 aliphatic heterocycles. The first-order valence-corrected chi connectivity index (χ1v) is 6.68. The van der Waals surface area contributed by atoms with Gasteiger partial charge in [0.05, 0.1) is 12.9 Å². The van der Waals surface area contributed by atoms with E-state index in [0.29, 0.717) is 17.2 Å². The Hall–Kier alpha value is -2.08. The Morgan fingerprint density at radius 3 is 2.95 bits per heavy atom. The van der Waals surface area contributed by atoms with Crippen molar-refractivity contribution < 1.29 is 18.5 Å². The Morgan fingerprint density at radius 1 is 1.35 bits per heavy atom. The lowest BCUT2D eigenvalue weighted by molar-refractivity contribution is -0.135. The van der Waals surface area contributed by atoms with Gasteiger partial charge in [0, 0.05) is 19.2 Å². The van der Waals surface area contributed by atoms with E-state index in [9.17, 15) is 4.79 Å². The zero-order valence-corrected chi connectivity index (χ0v) is 11.1. The maximum atomic E-state index is 11.8. The van der Waals surface area contributed by atoms with E-state index < -0.39 is 0 Å². The quantitative estimate of drug-likeness (QED) is 0.836. The van der Waals surface area contributed by atoms with Crippen LogP contribution in [-0.4, -0.2) is 35.7 Å². The molecular formula is C14H16N2O4. The molecule has 0 N–H and O–H groups in total. The molecule has 0 spiro atoms. The minimum absolute atomic E-state index is 0.0391. The van der Waals surface area contributed by atoms with Gasteiger partial charge in [0.25, 0.3) is 0 Å². The molecule has 3 heterocycles. The number of likely N-dealkylation sites (tertiary alicyclic amines) is 1. The number of hydrogen-bond acceptors (Lipinski definition) is 5. The minimum atomic E-state index is 0.0391. The summed E-state index contributed by atoms with van der Waals surface area (Å²) in [5.41, 5.74) is 0.644. The summed E-state index contributed by atoms with van der Waals surface area (Å²) in [4.78, 5) is 13.6. The van der Waals surface area contributed by atoms with E-state index in [1.165, 1.54) is 0 Å². The van der Waals surface area contributed by atoms with Gasteiger partial charge >= 0.3 is 0 Å². The lowest BCUT2D eigenvalue weighted by Crippen LogP contribution is -2.31. The molecule has 6 nitrogen and oxygen atoms in total. The van der Waals surface area contributed by atoms with Gasteiger partial charge in [-0.15, -0.1) is 0 Å². The summed E-state index contributed by atoms with van der Waals surface area (Å²) in [7, 11) is 0. The third-order valence-corrected chi connectivity index (χ3v) is 3.26. The number of ether oxygens (including phenoxy) is 1. The second-order valence-corrected chi connectivity index (χ2v) is 4.74. The first kappa shape index (κ1) is 12.9. The van der Waals surface area contributed by atoms with Gasteiger partial charge in [0.2, 0.25) is 11.7 Å². The van der Waals surface area contributed by atoms with Gasteiger partial charge in [-0.05, 0) is 25.0 Å². The topological polar surface area (TPSA) is 68.7 Å². The van der Waals surface area contributed by atoms with Crippen molar-refractivity contribution in [3.05, 3.63) is 30.2 Å². The normalized spacial score (nSPS) is 14.9. The van der Waals surface area contributed by atoms with Crippen LogP contribution in [-0.2, 0) is 16.1 Å². The van der Waals surface area contributed by atoms with Crippen molar-refractivity contribution in [2.75, 3.05) is 19.7 Å². The average Bonchev–Trinajstić information content (AvgIpc) is 3.20. The molecule has 3 rings (SSSR count). The van der Waals surface area contributed by atoms with Gasteiger partial charge in [-0.2, -0.15) is 0 Å². The second kappa shape index (κ2) is 5.92. The molecule has 2 aromatic heterocycles. The standard InChI is InChI=1S/C14H16N2O4/c17-14(16-5-1-2-6-16)10-18-9-11-8-13(20-15-11)12-4-3-7-19-12/h3-4,7-8H,1-2,5-6,9-10H2. The molecule has 0 saturated carbocycles. The van der Waals surface area contributed by atoms with Gasteiger partial charge in [0.1, 0.15) is 12.3 Å². The van der Waals surface area contributed by atoms with Crippen molar-refractivity contribution in [2.45, 2.75) is 19.4 Å². The van der Waals surface area contributed by atoms with Crippen molar-refractivity contribution in [3.63, 3.8) is 0 Å². The van der Waals surface area contributed by atoms with Crippen molar-refractivity contribution in [3.8, 4) is 11.5 Å². The molecule has 0 bridgehead atoms. The number of nitrogens with zero attached hydrogens (tertiary/aromatic N) is 2. The van der Waals surface area contributed by atoms with E-state index >= 15 is 0 Å². The maximum Gasteiger partial charge on any atom is 0.248 e. The molecule has 0 radical (unpaired) electrons. The Kier molecular flexibility index (Phi) is 3.83. The summed E-state index contributed by atoms with van der Waals surface area (Å²) in [5, 5.41) is 3.88. The van der Waals surface area contributed by atoms with E-state index in [4.69, 9.17) is 13.7 Å². The lowest BCUT2D eigenvalue weighted by atomic mass is 10.3. The van der Waals surface area contributed by atoms with Gasteiger partial charge in [-0.25, -0.2) is 0 Å². The number of aromatic nitrogens is 1. The molecule has 2 aromatic rings. The highest BCUT2D eigenvalue weighted by Gasteiger charge is 2.18. The monoisotopic (exact) mass is 276 g/mol. The van der Waals surface area contributed by atoms with Crippen LogP contribution in [0.4, 0.5) is 0 Å². The predicted molar refractivity (Wildman–Crippen MR) is 69.7 cm³/mol. The highest BCUT2D eigenvalue weighted by molar-refractivity contribution is 5.77. The Morgan fingerprint density at radius 2 is 2.20 bits per heavy atom. The number of carbonyl (C=O) groups is 1. The SMILES string of the molecule is O=C(COCc1cc(-c2ccco2)on1)N1CCCC1. The molecule has 0 unspecified atom stereocenters. The zero-order chi connectivity index (χ0) is 13.8. The smallest absolute Gasteiger partial charge is 0.248 e. The van der Waals surface area contributed by atoms with Crippen LogP contribution in [0.15, 0.2) is 33.4 Å². The van der Waals surface area contributed by atoms with Crippen LogP contribution >= 0.6 is 0 Å². The van der Waals surface area contributed by atoms with E-state index in [1.807, 2.05) is 4.90 Å². The summed E-state index contributed by atoms with van der Waals surface area (Å²) >= 11 is 0. The highest BCUT2D eigenvalue weighted by Crippen LogP contribution is 2.20. The lowest BCUT2D eigenvalue weighted by Gasteiger charge is -2.14. The number of furan rings is 1. The van der Waals surface area contributed by atoms with Crippen LogP contribution in [0.5, 0.6) is 0 Å². The van der Waals surface area contributed by atoms with Crippen molar-refractivity contribution in [1.82, 2.24) is 10.1 Å². The molecule has 0 aliphatic carbocycles. The molecule has 6 heteroatoms. The van der Waals surface area contributed by atoms with Crippen LogP contribution in [0.2, 0.25) is 0 Å². The fourth-order valence-electron chi connectivity index (χ4n) is 2.22. The fourth-order valence-corrected chi connectivity index (χ4v) is 2.22. The second-order valence-electron chi connectivity index (χ2n) is 4.74. The van der Waals surface area contributed by atoms with E-state index in [-0.39, 0.29) is 19.1 Å². The maximum absolute atomic E-state index is 11.8. The van der Waals surface area contributed by atoms with Crippen molar-refractivity contribution in [1.29, 1.82) is 0 Å². The number of rotatable bonds is 5. The first-order valence-electron chi connectivity index (χ1n) is 6.68. The molecule has 0 atom stereocenters. The highest BCUT2D eigenvalue weighted by atomic mass is 16.5. The number of amides is 1. The predicted octanol–water partition coefficient (Wildman–Crippen LogP) is 2.07. The van der Waals surface area contributed by atoms with E-state index in [2.05, 4.69) is 5.16 Å². The third-order valence-electron chi connectivity index (χ3n) is 3.26. The summed E-state index contributed by atoms with van der Waals surface area (Å²) in [6, 6.07) is 5.32. The summed E-state index contributed by atoms with van der Waals surface area (Å²) in [6.07, 6.45) is 3.74. The first-order chi connectivity index (χ1) is 9.83. The van der Waals surface area contributed by atoms with Gasteiger partial charge in [0.15, 0.2) is 5.76 Å². The number of carbonyl (C=O) groups excluding carboxylic acids is 1. The third kappa shape index (κ3) is 2.91. The van der Waals surface area contributed by atoms with E-state index in [1.54, 1.807) is 24.5 Å². The largest absolute Gasteiger partial charge is 0.461 e. The Balaban J connectivity index is 1.48. The Bertz CT molecular complexity index is 556. The van der Waals surface area contributed by atoms with E-state index in [0.717, 1.165) is 25.9 Å². The van der Waals surface area contributed by atoms with Gasteiger partial charge < -0.3 is 18.6 Å². The minimum Gasteiger partial charge on any atom is -0.461 e. The molecule has 1 amide bonds. The van der Waals surface area contributed by atoms with Crippen LogP contribution in [0.3, 0.4) is 0 Å². The molecule has 1 saturated heterocycles. The zero-order valence-electron chi connectivity index (χ0n) is 11.1. The molecule has 20 heavy (non-hydrogen) atoms. The van der Waals surface area contributed by atoms with Crippen LogP contribution in [0, 0.1) is 0 Å². The summed E-state index contributed by atoms with van der Waals surface area (Å²) < 4.78 is 15.7. The average molecular weight is 276 g/mol. The number of hydrogen-bond donors (Lipinski definition) is 0. The van der Waals surface area contributed by atoms with Crippen molar-refractivity contribution in [2.24, 2.45) is 0 Å². The summed E-state index contributed by atoms with van der Waals surface area (Å²) in [5.74, 6) is 1.22. The molecule has 0 aromatic carbocycles. The molecule has 1 aliphatic rings. The fraction of sp³-hybridized carbons (Fsp3) is 0.429. The Labute approximate surface area is 116 Å². The van der Waals surface area contributed by atoms with Crippen molar-refractivity contribution >= 4 is 5.91 Å². The molecular weight excluding hydrogens is 260 g/mol. The molecule has 1 fully saturated rings. The molecule has 106 valence electrons. The van der Waals surface area contributed by atoms with Gasteiger partial charge in [-0.1, -0.05) is 5.16 Å². The van der Waals surface area contributed by atoms with Crippen LogP contribution in [0.1, 0.15) is 18.5 Å².